The lowest BCUT2D eigenvalue weighted by atomic mass is 10.2. The summed E-state index contributed by atoms with van der Waals surface area (Å²) in [7, 11) is 0. The molecule has 1 fully saturated rings. The quantitative estimate of drug-likeness (QED) is 0.608. The van der Waals surface area contributed by atoms with E-state index in [2.05, 4.69) is 12.2 Å². The largest absolute Gasteiger partial charge is 0.462 e. The van der Waals surface area contributed by atoms with Gasteiger partial charge in [0.25, 0.3) is 0 Å². The number of hydrogen-bond acceptors (Lipinski definition) is 3. The standard InChI is InChI=1S/C13H17NO2/c1-2-11-12(14-11)8-9-16-13(15)10-6-4-3-5-7-10/h3-7,11-12,14H,2,8-9H2,1H3. The van der Waals surface area contributed by atoms with Crippen molar-refractivity contribution in [2.75, 3.05) is 6.61 Å². The number of carbonyl (C=O) groups is 1. The maximum Gasteiger partial charge on any atom is 0.338 e. The predicted molar refractivity (Wildman–Crippen MR) is 62.3 cm³/mol. The van der Waals surface area contributed by atoms with Crippen LogP contribution in [0.2, 0.25) is 0 Å². The lowest BCUT2D eigenvalue weighted by molar-refractivity contribution is 0.0500. The van der Waals surface area contributed by atoms with Gasteiger partial charge in [-0.15, -0.1) is 0 Å². The minimum absolute atomic E-state index is 0.228. The molecule has 0 bridgehead atoms. The fourth-order valence-corrected chi connectivity index (χ4v) is 1.84. The molecule has 1 saturated heterocycles. The van der Waals surface area contributed by atoms with Crippen LogP contribution in [0.4, 0.5) is 0 Å². The molecule has 3 nitrogen and oxygen atoms in total. The number of esters is 1. The molecule has 1 N–H and O–H groups in total. The average Bonchev–Trinajstić information content (AvgIpc) is 3.09. The molecule has 16 heavy (non-hydrogen) atoms. The first kappa shape index (κ1) is 11.1. The van der Waals surface area contributed by atoms with Crippen LogP contribution in [-0.4, -0.2) is 24.7 Å². The highest BCUT2D eigenvalue weighted by molar-refractivity contribution is 5.89. The Labute approximate surface area is 95.8 Å². The normalized spacial score (nSPS) is 22.8. The Morgan fingerprint density at radius 1 is 1.31 bits per heavy atom. The number of rotatable bonds is 5. The number of ether oxygens (including phenoxy) is 1. The Bertz CT molecular complexity index is 350. The molecule has 3 heteroatoms. The van der Waals surface area contributed by atoms with Gasteiger partial charge in [0.05, 0.1) is 12.2 Å². The number of nitrogens with one attached hydrogen (secondary N) is 1. The van der Waals surface area contributed by atoms with Gasteiger partial charge < -0.3 is 10.1 Å². The lowest BCUT2D eigenvalue weighted by Crippen LogP contribution is -2.08. The Morgan fingerprint density at radius 3 is 2.69 bits per heavy atom. The fourth-order valence-electron chi connectivity index (χ4n) is 1.84. The van der Waals surface area contributed by atoms with E-state index in [9.17, 15) is 4.79 Å². The van der Waals surface area contributed by atoms with Crippen LogP contribution in [0.5, 0.6) is 0 Å². The second-order valence-electron chi connectivity index (χ2n) is 4.08. The molecule has 1 aromatic carbocycles. The van der Waals surface area contributed by atoms with Crippen molar-refractivity contribution in [1.29, 1.82) is 0 Å². The summed E-state index contributed by atoms with van der Waals surface area (Å²) in [6.07, 6.45) is 2.06. The van der Waals surface area contributed by atoms with Gasteiger partial charge in [0.2, 0.25) is 0 Å². The summed E-state index contributed by atoms with van der Waals surface area (Å²) < 4.78 is 5.19. The molecule has 2 atom stereocenters. The maximum absolute atomic E-state index is 11.6. The van der Waals surface area contributed by atoms with E-state index < -0.39 is 0 Å². The van der Waals surface area contributed by atoms with E-state index in [1.54, 1.807) is 12.1 Å². The molecule has 0 saturated carbocycles. The summed E-state index contributed by atoms with van der Waals surface area (Å²) >= 11 is 0. The molecule has 0 aromatic heterocycles. The minimum Gasteiger partial charge on any atom is -0.462 e. The van der Waals surface area contributed by atoms with Crippen molar-refractivity contribution >= 4 is 5.97 Å². The summed E-state index contributed by atoms with van der Waals surface area (Å²) in [6, 6.07) is 10.3. The summed E-state index contributed by atoms with van der Waals surface area (Å²) in [5.74, 6) is -0.228. The number of hydrogen-bond donors (Lipinski definition) is 1. The van der Waals surface area contributed by atoms with Crippen molar-refractivity contribution in [3.8, 4) is 0 Å². The van der Waals surface area contributed by atoms with Crippen LogP contribution in [0.3, 0.4) is 0 Å². The van der Waals surface area contributed by atoms with E-state index >= 15 is 0 Å². The molecule has 0 radical (unpaired) electrons. The smallest absolute Gasteiger partial charge is 0.338 e. The van der Waals surface area contributed by atoms with Crippen LogP contribution in [0, 0.1) is 0 Å². The summed E-state index contributed by atoms with van der Waals surface area (Å²) in [6.45, 7) is 2.66. The summed E-state index contributed by atoms with van der Waals surface area (Å²) in [5, 5.41) is 3.34. The van der Waals surface area contributed by atoms with Gasteiger partial charge in [0.15, 0.2) is 0 Å². The Morgan fingerprint density at radius 2 is 2.06 bits per heavy atom. The highest BCUT2D eigenvalue weighted by atomic mass is 16.5. The van der Waals surface area contributed by atoms with Gasteiger partial charge in [0.1, 0.15) is 0 Å². The molecule has 1 heterocycles. The van der Waals surface area contributed by atoms with E-state index in [0.717, 1.165) is 12.8 Å². The zero-order valence-corrected chi connectivity index (χ0v) is 9.48. The van der Waals surface area contributed by atoms with E-state index in [0.29, 0.717) is 24.3 Å². The number of carbonyl (C=O) groups excluding carboxylic acids is 1. The van der Waals surface area contributed by atoms with Crippen LogP contribution in [0.25, 0.3) is 0 Å². The predicted octanol–water partition coefficient (Wildman–Crippen LogP) is 1.98. The highest BCUT2D eigenvalue weighted by Gasteiger charge is 2.33. The second kappa shape index (κ2) is 5.12. The first-order valence-electron chi connectivity index (χ1n) is 5.79. The topological polar surface area (TPSA) is 48.2 Å². The first-order valence-corrected chi connectivity index (χ1v) is 5.79. The van der Waals surface area contributed by atoms with Crippen molar-refractivity contribution in [1.82, 2.24) is 5.32 Å². The molecular formula is C13H17NO2. The molecule has 2 unspecified atom stereocenters. The fraction of sp³-hybridized carbons (Fsp3) is 0.462. The molecule has 0 aliphatic carbocycles. The Hall–Kier alpha value is -1.35. The molecule has 1 aromatic rings. The Balaban J connectivity index is 1.69. The molecular weight excluding hydrogens is 202 g/mol. The molecule has 0 amide bonds. The van der Waals surface area contributed by atoms with Crippen molar-refractivity contribution in [2.45, 2.75) is 31.8 Å². The van der Waals surface area contributed by atoms with Gasteiger partial charge in [0, 0.05) is 12.1 Å². The van der Waals surface area contributed by atoms with Gasteiger partial charge in [-0.2, -0.15) is 0 Å². The van der Waals surface area contributed by atoms with Gasteiger partial charge in [-0.25, -0.2) is 4.79 Å². The average molecular weight is 219 g/mol. The van der Waals surface area contributed by atoms with Gasteiger partial charge in [-0.3, -0.25) is 0 Å². The third-order valence-electron chi connectivity index (χ3n) is 2.92. The van der Waals surface area contributed by atoms with Crippen LogP contribution < -0.4 is 5.32 Å². The van der Waals surface area contributed by atoms with Gasteiger partial charge in [-0.1, -0.05) is 25.1 Å². The van der Waals surface area contributed by atoms with Gasteiger partial charge >= 0.3 is 5.97 Å². The third kappa shape index (κ3) is 2.83. The second-order valence-corrected chi connectivity index (χ2v) is 4.08. The van der Waals surface area contributed by atoms with E-state index in [4.69, 9.17) is 4.74 Å². The molecule has 2 rings (SSSR count). The van der Waals surface area contributed by atoms with Crippen molar-refractivity contribution in [2.24, 2.45) is 0 Å². The molecule has 1 aliphatic heterocycles. The zero-order chi connectivity index (χ0) is 11.4. The van der Waals surface area contributed by atoms with Crippen LogP contribution in [0.1, 0.15) is 30.1 Å². The molecule has 1 aliphatic rings. The number of benzene rings is 1. The third-order valence-corrected chi connectivity index (χ3v) is 2.92. The van der Waals surface area contributed by atoms with Crippen molar-refractivity contribution in [3.63, 3.8) is 0 Å². The first-order chi connectivity index (χ1) is 7.81. The molecule has 0 spiro atoms. The molecule has 86 valence electrons. The monoisotopic (exact) mass is 219 g/mol. The maximum atomic E-state index is 11.6. The SMILES string of the molecule is CCC1NC1CCOC(=O)c1ccccc1. The van der Waals surface area contributed by atoms with E-state index in [1.807, 2.05) is 18.2 Å². The van der Waals surface area contributed by atoms with Crippen molar-refractivity contribution in [3.05, 3.63) is 35.9 Å². The minimum atomic E-state index is -0.228. The van der Waals surface area contributed by atoms with Crippen molar-refractivity contribution < 1.29 is 9.53 Å². The highest BCUT2D eigenvalue weighted by Crippen LogP contribution is 2.17. The van der Waals surface area contributed by atoms with E-state index in [-0.39, 0.29) is 5.97 Å². The summed E-state index contributed by atoms with van der Waals surface area (Å²) in [5.41, 5.74) is 0.623. The zero-order valence-electron chi connectivity index (χ0n) is 9.48. The van der Waals surface area contributed by atoms with Gasteiger partial charge in [-0.05, 0) is 25.0 Å². The van der Waals surface area contributed by atoms with E-state index in [1.165, 1.54) is 0 Å². The lowest BCUT2D eigenvalue weighted by Gasteiger charge is -2.03. The van der Waals surface area contributed by atoms with Crippen LogP contribution in [-0.2, 0) is 4.74 Å². The summed E-state index contributed by atoms with van der Waals surface area (Å²) in [4.78, 5) is 11.6. The Kier molecular flexibility index (Phi) is 3.57. The van der Waals surface area contributed by atoms with Crippen LogP contribution in [0.15, 0.2) is 30.3 Å². The van der Waals surface area contributed by atoms with Crippen LogP contribution >= 0.6 is 0 Å².